The van der Waals surface area contributed by atoms with Crippen molar-refractivity contribution >= 4 is 0 Å². The van der Waals surface area contributed by atoms with Crippen LogP contribution in [0.4, 0.5) is 0 Å². The van der Waals surface area contributed by atoms with Crippen molar-refractivity contribution in [2.75, 3.05) is 13.1 Å². The van der Waals surface area contributed by atoms with Crippen LogP contribution in [0.5, 0.6) is 0 Å². The quantitative estimate of drug-likeness (QED) is 0.804. The van der Waals surface area contributed by atoms with Crippen LogP contribution in [-0.2, 0) is 0 Å². The Morgan fingerprint density at radius 3 is 2.44 bits per heavy atom. The molecular weight excluding hydrogens is 224 g/mol. The second kappa shape index (κ2) is 4.19. The first kappa shape index (κ1) is 12.9. The van der Waals surface area contributed by atoms with Crippen LogP contribution in [-0.4, -0.2) is 40.8 Å². The number of nitrogens with two attached hydrogens (primary N) is 1. The van der Waals surface area contributed by atoms with Gasteiger partial charge in [-0.2, -0.15) is 0 Å². The van der Waals surface area contributed by atoms with Crippen molar-refractivity contribution < 1.29 is 5.11 Å². The van der Waals surface area contributed by atoms with Crippen LogP contribution < -0.4 is 5.73 Å². The van der Waals surface area contributed by atoms with E-state index in [2.05, 4.69) is 18.7 Å². The van der Waals surface area contributed by atoms with Crippen LogP contribution in [0.1, 0.15) is 52.4 Å². The fourth-order valence-electron chi connectivity index (χ4n) is 4.60. The highest BCUT2D eigenvalue weighted by Gasteiger charge is 2.58. The van der Waals surface area contributed by atoms with Crippen molar-refractivity contribution in [1.82, 2.24) is 4.90 Å². The second-order valence-corrected chi connectivity index (χ2v) is 7.32. The highest BCUT2D eigenvalue weighted by Crippen LogP contribution is 2.53. The van der Waals surface area contributed by atoms with Crippen molar-refractivity contribution in [1.29, 1.82) is 0 Å². The van der Waals surface area contributed by atoms with Gasteiger partial charge in [0.1, 0.15) is 0 Å². The molecular formula is C15H28N2O. The first-order chi connectivity index (χ1) is 8.50. The van der Waals surface area contributed by atoms with Gasteiger partial charge in [0.15, 0.2) is 0 Å². The number of likely N-dealkylation sites (tertiary alicyclic amines) is 1. The summed E-state index contributed by atoms with van der Waals surface area (Å²) in [4.78, 5) is 2.54. The topological polar surface area (TPSA) is 49.5 Å². The number of nitrogens with zero attached hydrogens (tertiary/aromatic N) is 1. The Hall–Kier alpha value is -0.120. The predicted octanol–water partition coefficient (Wildman–Crippen LogP) is 1.74. The summed E-state index contributed by atoms with van der Waals surface area (Å²) >= 11 is 0. The Balaban J connectivity index is 1.81. The molecule has 0 aromatic rings. The molecule has 0 aromatic heterocycles. The molecule has 1 saturated heterocycles. The van der Waals surface area contributed by atoms with Crippen molar-refractivity contribution in [2.24, 2.45) is 17.1 Å². The van der Waals surface area contributed by atoms with Gasteiger partial charge in [-0.05, 0) is 44.9 Å². The molecule has 3 rings (SSSR count). The second-order valence-electron chi connectivity index (χ2n) is 7.32. The molecule has 1 aliphatic heterocycles. The lowest BCUT2D eigenvalue weighted by atomic mass is 9.69. The van der Waals surface area contributed by atoms with Crippen LogP contribution in [0.2, 0.25) is 0 Å². The van der Waals surface area contributed by atoms with E-state index in [-0.39, 0.29) is 5.41 Å². The average molecular weight is 252 g/mol. The Morgan fingerprint density at radius 1 is 1.22 bits per heavy atom. The van der Waals surface area contributed by atoms with Gasteiger partial charge in [0, 0.05) is 30.6 Å². The van der Waals surface area contributed by atoms with Gasteiger partial charge in [0.2, 0.25) is 0 Å². The van der Waals surface area contributed by atoms with Gasteiger partial charge >= 0.3 is 0 Å². The Kier molecular flexibility index (Phi) is 3.00. The monoisotopic (exact) mass is 252 g/mol. The molecule has 0 amide bonds. The molecule has 104 valence electrons. The lowest BCUT2D eigenvalue weighted by molar-refractivity contribution is -0.0711. The van der Waals surface area contributed by atoms with Crippen molar-refractivity contribution in [3.05, 3.63) is 0 Å². The molecule has 1 heterocycles. The Morgan fingerprint density at radius 2 is 1.94 bits per heavy atom. The third-order valence-electron chi connectivity index (χ3n) is 5.89. The minimum Gasteiger partial charge on any atom is -0.388 e. The molecule has 3 heteroatoms. The third-order valence-corrected chi connectivity index (χ3v) is 5.89. The molecule has 2 aliphatic carbocycles. The van der Waals surface area contributed by atoms with Crippen molar-refractivity contribution in [2.45, 2.75) is 70.1 Å². The third kappa shape index (κ3) is 1.83. The highest BCUT2D eigenvalue weighted by molar-refractivity contribution is 5.11. The van der Waals surface area contributed by atoms with Gasteiger partial charge < -0.3 is 10.8 Å². The van der Waals surface area contributed by atoms with Gasteiger partial charge in [0.25, 0.3) is 0 Å². The number of β-amino-alcohol motifs (C(OH)–C–C–N with tert-alkyl or cyclic N) is 1. The Labute approximate surface area is 111 Å². The maximum Gasteiger partial charge on any atom is 0.0857 e. The van der Waals surface area contributed by atoms with E-state index in [9.17, 15) is 5.11 Å². The van der Waals surface area contributed by atoms with Gasteiger partial charge in [-0.3, -0.25) is 4.90 Å². The van der Waals surface area contributed by atoms with E-state index in [1.807, 2.05) is 0 Å². The van der Waals surface area contributed by atoms with E-state index in [0.717, 1.165) is 37.8 Å². The summed E-state index contributed by atoms with van der Waals surface area (Å²) in [6.45, 7) is 6.10. The highest BCUT2D eigenvalue weighted by atomic mass is 16.3. The number of rotatable bonds is 3. The minimum atomic E-state index is -0.533. The molecule has 2 saturated carbocycles. The standard InChI is InChI=1S/C15H28N2O/c1-11-5-6-14(7-11,9-16)15(18)8-12(2)17(10-15)13-3-4-13/h11-13,18H,3-10,16H2,1-2H3. The van der Waals surface area contributed by atoms with Gasteiger partial charge in [-0.25, -0.2) is 0 Å². The van der Waals surface area contributed by atoms with Gasteiger partial charge in [0.05, 0.1) is 5.60 Å². The van der Waals surface area contributed by atoms with E-state index >= 15 is 0 Å². The zero-order chi connectivity index (χ0) is 13.0. The lowest BCUT2D eigenvalue weighted by Gasteiger charge is -2.42. The van der Waals surface area contributed by atoms with Gasteiger partial charge in [-0.1, -0.05) is 13.3 Å². The number of hydrogen-bond acceptors (Lipinski definition) is 3. The maximum absolute atomic E-state index is 11.3. The van der Waals surface area contributed by atoms with Gasteiger partial charge in [-0.15, -0.1) is 0 Å². The van der Waals surface area contributed by atoms with Crippen LogP contribution in [0.25, 0.3) is 0 Å². The number of aliphatic hydroxyl groups is 1. The largest absolute Gasteiger partial charge is 0.388 e. The molecule has 4 atom stereocenters. The molecule has 3 aliphatic rings. The van der Waals surface area contributed by atoms with Crippen LogP contribution in [0, 0.1) is 11.3 Å². The van der Waals surface area contributed by atoms with Crippen LogP contribution in [0.15, 0.2) is 0 Å². The summed E-state index contributed by atoms with van der Waals surface area (Å²) in [5, 5.41) is 11.3. The number of hydrogen-bond donors (Lipinski definition) is 2. The summed E-state index contributed by atoms with van der Waals surface area (Å²) in [6.07, 6.45) is 7.04. The van der Waals surface area contributed by atoms with E-state index in [1.54, 1.807) is 0 Å². The summed E-state index contributed by atoms with van der Waals surface area (Å²) in [6, 6.07) is 1.28. The fourth-order valence-corrected chi connectivity index (χ4v) is 4.60. The van der Waals surface area contributed by atoms with E-state index in [1.165, 1.54) is 19.3 Å². The zero-order valence-corrected chi connectivity index (χ0v) is 11.9. The first-order valence-electron chi connectivity index (χ1n) is 7.68. The summed E-state index contributed by atoms with van der Waals surface area (Å²) in [5.74, 6) is 0.725. The molecule has 0 radical (unpaired) electrons. The molecule has 3 fully saturated rings. The van der Waals surface area contributed by atoms with E-state index in [4.69, 9.17) is 5.73 Å². The smallest absolute Gasteiger partial charge is 0.0857 e. The van der Waals surface area contributed by atoms with Crippen LogP contribution >= 0.6 is 0 Å². The first-order valence-corrected chi connectivity index (χ1v) is 7.68. The minimum absolute atomic E-state index is 0.00961. The molecule has 3 nitrogen and oxygen atoms in total. The molecule has 18 heavy (non-hydrogen) atoms. The molecule has 0 bridgehead atoms. The average Bonchev–Trinajstić information content (AvgIpc) is 3.01. The molecule has 0 spiro atoms. The SMILES string of the molecule is CC1CCC(CN)(C2(O)CC(C)N(C3CC3)C2)C1. The Bertz CT molecular complexity index is 330. The summed E-state index contributed by atoms with van der Waals surface area (Å²) in [7, 11) is 0. The maximum atomic E-state index is 11.3. The van der Waals surface area contributed by atoms with Crippen LogP contribution in [0.3, 0.4) is 0 Å². The van der Waals surface area contributed by atoms with E-state index in [0.29, 0.717) is 12.6 Å². The predicted molar refractivity (Wildman–Crippen MR) is 73.3 cm³/mol. The normalized spacial score (nSPS) is 50.0. The molecule has 3 N–H and O–H groups in total. The lowest BCUT2D eigenvalue weighted by Crippen LogP contribution is -2.53. The fraction of sp³-hybridized carbons (Fsp3) is 1.00. The van der Waals surface area contributed by atoms with Crippen molar-refractivity contribution in [3.63, 3.8) is 0 Å². The molecule has 0 aromatic carbocycles. The molecule has 4 unspecified atom stereocenters. The van der Waals surface area contributed by atoms with Crippen molar-refractivity contribution in [3.8, 4) is 0 Å². The zero-order valence-electron chi connectivity index (χ0n) is 11.9. The summed E-state index contributed by atoms with van der Waals surface area (Å²) < 4.78 is 0. The van der Waals surface area contributed by atoms with E-state index < -0.39 is 5.60 Å². The summed E-state index contributed by atoms with van der Waals surface area (Å²) in [5.41, 5.74) is 5.56.